The van der Waals surface area contributed by atoms with Crippen molar-refractivity contribution in [3.05, 3.63) is 36.8 Å². The van der Waals surface area contributed by atoms with Gasteiger partial charge in [0.2, 0.25) is 0 Å². The molecule has 0 aliphatic heterocycles. The molecule has 1 rings (SSSR count). The predicted octanol–water partition coefficient (Wildman–Crippen LogP) is 1.77. The van der Waals surface area contributed by atoms with Crippen LogP contribution in [0.3, 0.4) is 0 Å². The summed E-state index contributed by atoms with van der Waals surface area (Å²) in [4.78, 5) is 0. The molecule has 1 radical (unpaired) electrons. The van der Waals surface area contributed by atoms with Crippen LogP contribution in [0.15, 0.2) is 24.3 Å². The molecule has 0 unspecified atom stereocenters. The number of ether oxygens (including phenoxy) is 1. The largest absolute Gasteiger partial charge is 0.494 e. The van der Waals surface area contributed by atoms with E-state index in [0.29, 0.717) is 12.2 Å². The highest BCUT2D eigenvalue weighted by molar-refractivity contribution is 5.34. The molecule has 0 N–H and O–H groups in total. The topological polar surface area (TPSA) is 33.0 Å². The van der Waals surface area contributed by atoms with Crippen LogP contribution in [-0.4, -0.2) is 6.61 Å². The molecule has 0 heterocycles. The van der Waals surface area contributed by atoms with E-state index < -0.39 is 0 Å². The summed E-state index contributed by atoms with van der Waals surface area (Å²) in [5.74, 6) is 0.749. The lowest BCUT2D eigenvalue weighted by atomic mass is 10.2. The van der Waals surface area contributed by atoms with E-state index in [1.807, 2.05) is 6.07 Å². The molecular weight excluding hydrogens is 138 g/mol. The predicted molar refractivity (Wildman–Crippen MR) is 42.0 cm³/mol. The van der Waals surface area contributed by atoms with E-state index in [-0.39, 0.29) is 0 Å². The van der Waals surface area contributed by atoms with Crippen molar-refractivity contribution in [3.63, 3.8) is 0 Å². The summed E-state index contributed by atoms with van der Waals surface area (Å²) in [6.07, 6.45) is 0. The van der Waals surface area contributed by atoms with Crippen LogP contribution in [0.1, 0.15) is 5.56 Å². The molecule has 2 heteroatoms. The van der Waals surface area contributed by atoms with Crippen molar-refractivity contribution < 1.29 is 4.74 Å². The van der Waals surface area contributed by atoms with Gasteiger partial charge in [0.1, 0.15) is 5.75 Å². The number of benzene rings is 1. The summed E-state index contributed by atoms with van der Waals surface area (Å²) >= 11 is 0. The van der Waals surface area contributed by atoms with Gasteiger partial charge in [-0.2, -0.15) is 5.26 Å². The molecule has 55 valence electrons. The summed E-state index contributed by atoms with van der Waals surface area (Å²) in [5, 5.41) is 8.46. The third-order valence-corrected chi connectivity index (χ3v) is 1.25. The van der Waals surface area contributed by atoms with Crippen molar-refractivity contribution in [3.8, 4) is 11.8 Å². The Balaban J connectivity index is 2.76. The maximum absolute atomic E-state index is 8.46. The molecule has 0 fully saturated rings. The number of nitrogens with zero attached hydrogens (tertiary/aromatic N) is 1. The molecule has 0 aromatic heterocycles. The molecule has 1 aromatic carbocycles. The third-order valence-electron chi connectivity index (χ3n) is 1.25. The van der Waals surface area contributed by atoms with Crippen molar-refractivity contribution in [2.24, 2.45) is 0 Å². The molecule has 0 saturated carbocycles. The Morgan fingerprint density at radius 3 is 2.45 bits per heavy atom. The fourth-order valence-electron chi connectivity index (χ4n) is 0.744. The Hall–Kier alpha value is -1.49. The van der Waals surface area contributed by atoms with Gasteiger partial charge in [-0.1, -0.05) is 0 Å². The number of nitriles is 1. The minimum atomic E-state index is 0.409. The van der Waals surface area contributed by atoms with Crippen molar-refractivity contribution >= 4 is 0 Å². The van der Waals surface area contributed by atoms with Gasteiger partial charge in [0.25, 0.3) is 0 Å². The van der Waals surface area contributed by atoms with Gasteiger partial charge >= 0.3 is 0 Å². The van der Waals surface area contributed by atoms with Gasteiger partial charge in [-0.15, -0.1) is 0 Å². The van der Waals surface area contributed by atoms with Crippen molar-refractivity contribution in [2.75, 3.05) is 6.61 Å². The lowest BCUT2D eigenvalue weighted by Crippen LogP contribution is -1.90. The van der Waals surface area contributed by atoms with E-state index in [9.17, 15) is 0 Å². The molecular formula is C9H8NO. The van der Waals surface area contributed by atoms with E-state index in [0.717, 1.165) is 5.75 Å². The van der Waals surface area contributed by atoms with E-state index in [1.54, 1.807) is 24.3 Å². The molecule has 0 spiro atoms. The molecule has 0 aliphatic rings. The first kappa shape index (κ1) is 7.62. The number of hydrogen-bond acceptors (Lipinski definition) is 2. The van der Waals surface area contributed by atoms with Gasteiger partial charge in [-0.05, 0) is 31.2 Å². The zero-order chi connectivity index (χ0) is 8.10. The fraction of sp³-hybridized carbons (Fsp3) is 0.111. The van der Waals surface area contributed by atoms with Crippen molar-refractivity contribution in [1.29, 1.82) is 5.26 Å². The molecule has 0 atom stereocenters. The van der Waals surface area contributed by atoms with Crippen molar-refractivity contribution in [2.45, 2.75) is 0 Å². The van der Waals surface area contributed by atoms with E-state index in [4.69, 9.17) is 10.00 Å². The molecule has 0 aliphatic carbocycles. The second-order valence-corrected chi connectivity index (χ2v) is 1.98. The third kappa shape index (κ3) is 1.98. The molecule has 0 amide bonds. The summed E-state index contributed by atoms with van der Waals surface area (Å²) in [5.41, 5.74) is 0.640. The normalized spacial score (nSPS) is 8.73. The van der Waals surface area contributed by atoms with Gasteiger partial charge in [0.15, 0.2) is 0 Å². The summed E-state index contributed by atoms with van der Waals surface area (Å²) in [6, 6.07) is 8.96. The van der Waals surface area contributed by atoms with Gasteiger partial charge in [0, 0.05) is 0 Å². The second kappa shape index (κ2) is 3.62. The van der Waals surface area contributed by atoms with Gasteiger partial charge in [-0.3, -0.25) is 0 Å². The van der Waals surface area contributed by atoms with Crippen LogP contribution in [0.2, 0.25) is 0 Å². The quantitative estimate of drug-likeness (QED) is 0.637. The molecule has 0 bridgehead atoms. The van der Waals surface area contributed by atoms with E-state index in [1.165, 1.54) is 0 Å². The number of hydrogen-bond donors (Lipinski definition) is 0. The van der Waals surface area contributed by atoms with E-state index in [2.05, 4.69) is 6.92 Å². The smallest absolute Gasteiger partial charge is 0.119 e. The second-order valence-electron chi connectivity index (χ2n) is 1.98. The average molecular weight is 146 g/mol. The molecule has 2 nitrogen and oxygen atoms in total. The zero-order valence-corrected chi connectivity index (χ0v) is 6.08. The standard InChI is InChI=1S/C9H8NO/c1-2-11-9-5-3-8(7-10)4-6-9/h3-6H,1-2H2. The van der Waals surface area contributed by atoms with Crippen LogP contribution >= 0.6 is 0 Å². The van der Waals surface area contributed by atoms with Crippen LogP contribution in [0.25, 0.3) is 0 Å². The van der Waals surface area contributed by atoms with Crippen LogP contribution < -0.4 is 4.74 Å². The van der Waals surface area contributed by atoms with Gasteiger partial charge in [-0.25, -0.2) is 0 Å². The Labute approximate surface area is 66.0 Å². The Bertz CT molecular complexity index is 258. The molecule has 11 heavy (non-hydrogen) atoms. The first-order valence-electron chi connectivity index (χ1n) is 3.29. The first-order chi connectivity index (χ1) is 5.36. The fourth-order valence-corrected chi connectivity index (χ4v) is 0.744. The molecule has 0 saturated heterocycles. The van der Waals surface area contributed by atoms with Gasteiger partial charge < -0.3 is 4.74 Å². The number of rotatable bonds is 2. The van der Waals surface area contributed by atoms with Crippen LogP contribution in [0.5, 0.6) is 5.75 Å². The summed E-state index contributed by atoms with van der Waals surface area (Å²) in [6.45, 7) is 3.94. The average Bonchev–Trinajstić information content (AvgIpc) is 2.07. The lowest BCUT2D eigenvalue weighted by Gasteiger charge is -2.00. The Morgan fingerprint density at radius 1 is 1.36 bits per heavy atom. The monoisotopic (exact) mass is 146 g/mol. The Morgan fingerprint density at radius 2 is 2.00 bits per heavy atom. The SMILES string of the molecule is [CH2]COc1ccc(C#N)cc1. The molecule has 1 aromatic rings. The maximum atomic E-state index is 8.46. The minimum absolute atomic E-state index is 0.409. The van der Waals surface area contributed by atoms with Crippen LogP contribution in [0.4, 0.5) is 0 Å². The summed E-state index contributed by atoms with van der Waals surface area (Å²) in [7, 11) is 0. The zero-order valence-electron chi connectivity index (χ0n) is 6.08. The highest BCUT2D eigenvalue weighted by Gasteiger charge is 1.91. The van der Waals surface area contributed by atoms with Crippen LogP contribution in [0, 0.1) is 18.3 Å². The highest BCUT2D eigenvalue weighted by atomic mass is 16.5. The maximum Gasteiger partial charge on any atom is 0.119 e. The summed E-state index contributed by atoms with van der Waals surface area (Å²) < 4.78 is 5.08. The first-order valence-corrected chi connectivity index (χ1v) is 3.29. The van der Waals surface area contributed by atoms with Crippen LogP contribution in [-0.2, 0) is 0 Å². The van der Waals surface area contributed by atoms with E-state index >= 15 is 0 Å². The lowest BCUT2D eigenvalue weighted by molar-refractivity contribution is 0.361. The van der Waals surface area contributed by atoms with Crippen molar-refractivity contribution in [1.82, 2.24) is 0 Å². The highest BCUT2D eigenvalue weighted by Crippen LogP contribution is 2.10. The Kier molecular flexibility index (Phi) is 2.51. The minimum Gasteiger partial charge on any atom is -0.494 e. The van der Waals surface area contributed by atoms with Gasteiger partial charge in [0.05, 0.1) is 18.2 Å².